The van der Waals surface area contributed by atoms with Gasteiger partial charge in [-0.25, -0.2) is 8.42 Å². The van der Waals surface area contributed by atoms with Crippen molar-refractivity contribution in [2.45, 2.75) is 38.3 Å². The molecule has 1 fully saturated rings. The summed E-state index contributed by atoms with van der Waals surface area (Å²) in [5.41, 5.74) is 1.01. The summed E-state index contributed by atoms with van der Waals surface area (Å²) in [5.74, 6) is -0.492. The molecule has 1 heterocycles. The highest BCUT2D eigenvalue weighted by Crippen LogP contribution is 2.19. The summed E-state index contributed by atoms with van der Waals surface area (Å²) in [6.45, 7) is 1.00. The summed E-state index contributed by atoms with van der Waals surface area (Å²) in [7, 11) is -3.41. The van der Waals surface area contributed by atoms with Gasteiger partial charge in [0.1, 0.15) is 6.04 Å². The molecule has 2 N–H and O–H groups in total. The summed E-state index contributed by atoms with van der Waals surface area (Å²) < 4.78 is 24.8. The molecule has 0 radical (unpaired) electrons. The largest absolute Gasteiger partial charge is 0.354 e. The van der Waals surface area contributed by atoms with Gasteiger partial charge in [-0.2, -0.15) is 4.31 Å². The quantitative estimate of drug-likeness (QED) is 0.739. The van der Waals surface area contributed by atoms with Crippen molar-refractivity contribution in [2.75, 3.05) is 19.3 Å². The third kappa shape index (κ3) is 6.13. The van der Waals surface area contributed by atoms with Crippen molar-refractivity contribution in [1.82, 2.24) is 14.9 Å². The van der Waals surface area contributed by atoms with Crippen LogP contribution in [-0.4, -0.2) is 49.9 Å². The lowest BCUT2D eigenvalue weighted by molar-refractivity contribution is -0.126. The van der Waals surface area contributed by atoms with Gasteiger partial charge in [-0.05, 0) is 18.4 Å². The fourth-order valence-electron chi connectivity index (χ4n) is 2.87. The van der Waals surface area contributed by atoms with Crippen LogP contribution in [-0.2, 0) is 26.2 Å². The van der Waals surface area contributed by atoms with Gasteiger partial charge in [-0.15, -0.1) is 0 Å². The number of rotatable bonds is 7. The Balaban J connectivity index is 1.74. The van der Waals surface area contributed by atoms with Gasteiger partial charge in [-0.1, -0.05) is 36.8 Å². The number of nitrogens with zero attached hydrogens (tertiary/aromatic N) is 1. The van der Waals surface area contributed by atoms with Crippen molar-refractivity contribution in [3.8, 4) is 0 Å². The number of hydrogen-bond acceptors (Lipinski definition) is 4. The maximum Gasteiger partial charge on any atom is 0.238 e. The fraction of sp³-hybridized carbons (Fsp3) is 0.529. The van der Waals surface area contributed by atoms with Gasteiger partial charge in [-0.3, -0.25) is 9.59 Å². The Morgan fingerprint density at radius 1 is 1.16 bits per heavy atom. The highest BCUT2D eigenvalue weighted by molar-refractivity contribution is 7.88. The predicted molar refractivity (Wildman–Crippen MR) is 95.1 cm³/mol. The van der Waals surface area contributed by atoms with Crippen molar-refractivity contribution >= 4 is 21.8 Å². The molecule has 7 nitrogen and oxygen atoms in total. The van der Waals surface area contributed by atoms with Crippen molar-refractivity contribution in [3.63, 3.8) is 0 Å². The lowest BCUT2D eigenvalue weighted by Gasteiger charge is -2.32. The lowest BCUT2D eigenvalue weighted by atomic mass is 10.0. The average molecular weight is 367 g/mol. The molecule has 0 aliphatic carbocycles. The molecule has 1 atom stereocenters. The Morgan fingerprint density at radius 2 is 1.88 bits per heavy atom. The number of carbonyl (C=O) groups excluding carboxylic acids is 2. The van der Waals surface area contributed by atoms with E-state index in [-0.39, 0.29) is 24.8 Å². The molecule has 138 valence electrons. The maximum absolute atomic E-state index is 12.3. The normalized spacial score (nSPS) is 18.5. The molecule has 0 bridgehead atoms. The molecule has 1 aliphatic rings. The highest BCUT2D eigenvalue weighted by Gasteiger charge is 2.34. The molecule has 25 heavy (non-hydrogen) atoms. The van der Waals surface area contributed by atoms with E-state index in [9.17, 15) is 18.0 Å². The molecule has 1 aromatic carbocycles. The second kappa shape index (κ2) is 8.96. The van der Waals surface area contributed by atoms with Crippen LogP contribution >= 0.6 is 0 Å². The van der Waals surface area contributed by atoms with Crippen molar-refractivity contribution < 1.29 is 18.0 Å². The number of amides is 2. The number of sulfonamides is 1. The second-order valence-electron chi connectivity index (χ2n) is 6.19. The summed E-state index contributed by atoms with van der Waals surface area (Å²) >= 11 is 0. The van der Waals surface area contributed by atoms with E-state index in [1.54, 1.807) is 0 Å². The van der Waals surface area contributed by atoms with E-state index in [0.29, 0.717) is 19.5 Å². The maximum atomic E-state index is 12.3. The first kappa shape index (κ1) is 19.4. The molecule has 8 heteroatoms. The topological polar surface area (TPSA) is 95.6 Å². The first-order chi connectivity index (χ1) is 11.9. The zero-order valence-electron chi connectivity index (χ0n) is 14.4. The Kier molecular flexibility index (Phi) is 6.95. The summed E-state index contributed by atoms with van der Waals surface area (Å²) in [4.78, 5) is 24.1. The zero-order chi connectivity index (χ0) is 18.3. The van der Waals surface area contributed by atoms with E-state index in [1.165, 1.54) is 4.31 Å². The van der Waals surface area contributed by atoms with Gasteiger partial charge in [0.15, 0.2) is 0 Å². The molecule has 0 aromatic heterocycles. The lowest BCUT2D eigenvalue weighted by Crippen LogP contribution is -2.51. The third-order valence-electron chi connectivity index (χ3n) is 4.17. The van der Waals surface area contributed by atoms with E-state index in [4.69, 9.17) is 0 Å². The average Bonchev–Trinajstić information content (AvgIpc) is 2.60. The van der Waals surface area contributed by atoms with Crippen molar-refractivity contribution in [1.29, 1.82) is 0 Å². The smallest absolute Gasteiger partial charge is 0.238 e. The number of piperidine rings is 1. The molecule has 0 spiro atoms. The van der Waals surface area contributed by atoms with Crippen LogP contribution in [0.15, 0.2) is 30.3 Å². The van der Waals surface area contributed by atoms with Crippen LogP contribution in [0.3, 0.4) is 0 Å². The van der Waals surface area contributed by atoms with Crippen LogP contribution in [0.1, 0.15) is 31.2 Å². The van der Waals surface area contributed by atoms with Crippen LogP contribution in [0, 0.1) is 0 Å². The first-order valence-electron chi connectivity index (χ1n) is 8.43. The van der Waals surface area contributed by atoms with Gasteiger partial charge < -0.3 is 10.6 Å². The van der Waals surface area contributed by atoms with Gasteiger partial charge in [0.25, 0.3) is 0 Å². The van der Waals surface area contributed by atoms with Gasteiger partial charge in [0.05, 0.1) is 6.26 Å². The van der Waals surface area contributed by atoms with Crippen LogP contribution in [0.5, 0.6) is 0 Å². The molecular weight excluding hydrogens is 342 g/mol. The monoisotopic (exact) mass is 367 g/mol. The Bertz CT molecular complexity index is 691. The predicted octanol–water partition coefficient (Wildman–Crippen LogP) is 0.623. The molecule has 1 unspecified atom stereocenters. The van der Waals surface area contributed by atoms with Gasteiger partial charge in [0.2, 0.25) is 21.8 Å². The highest BCUT2D eigenvalue weighted by atomic mass is 32.2. The minimum Gasteiger partial charge on any atom is -0.354 e. The van der Waals surface area contributed by atoms with Gasteiger partial charge >= 0.3 is 0 Å². The molecular formula is C17H25N3O4S. The van der Waals surface area contributed by atoms with Crippen LogP contribution in [0.4, 0.5) is 0 Å². The van der Waals surface area contributed by atoms with Crippen LogP contribution in [0.2, 0.25) is 0 Å². The van der Waals surface area contributed by atoms with E-state index in [0.717, 1.165) is 24.7 Å². The Morgan fingerprint density at radius 3 is 2.56 bits per heavy atom. The summed E-state index contributed by atoms with van der Waals surface area (Å²) in [6, 6.07) is 8.89. The number of hydrogen-bond donors (Lipinski definition) is 2. The summed E-state index contributed by atoms with van der Waals surface area (Å²) in [6.07, 6.45) is 3.37. The molecule has 1 saturated heterocycles. The van der Waals surface area contributed by atoms with Crippen LogP contribution < -0.4 is 10.6 Å². The number of benzene rings is 1. The molecule has 1 aliphatic heterocycles. The number of carbonyl (C=O) groups is 2. The second-order valence-corrected chi connectivity index (χ2v) is 8.12. The van der Waals surface area contributed by atoms with Crippen LogP contribution in [0.25, 0.3) is 0 Å². The molecule has 0 saturated carbocycles. The minimum absolute atomic E-state index is 0.157. The van der Waals surface area contributed by atoms with E-state index >= 15 is 0 Å². The SMILES string of the molecule is CS(=O)(=O)N1CCCCC1C(=O)NCCC(=O)NCc1ccccc1. The summed E-state index contributed by atoms with van der Waals surface area (Å²) in [5, 5.41) is 5.47. The Hall–Kier alpha value is -1.93. The van der Waals surface area contributed by atoms with Crippen molar-refractivity contribution in [2.24, 2.45) is 0 Å². The van der Waals surface area contributed by atoms with Gasteiger partial charge in [0, 0.05) is 26.1 Å². The minimum atomic E-state index is -3.41. The molecule has 1 aromatic rings. The van der Waals surface area contributed by atoms with E-state index in [1.807, 2.05) is 30.3 Å². The molecule has 2 amide bonds. The fourth-order valence-corrected chi connectivity index (χ4v) is 3.99. The van der Waals surface area contributed by atoms with E-state index in [2.05, 4.69) is 10.6 Å². The third-order valence-corrected chi connectivity index (χ3v) is 5.46. The zero-order valence-corrected chi connectivity index (χ0v) is 15.2. The first-order valence-corrected chi connectivity index (χ1v) is 10.3. The van der Waals surface area contributed by atoms with E-state index < -0.39 is 16.1 Å². The Labute approximate surface area is 148 Å². The standard InChI is InChI=1S/C17H25N3O4S/c1-25(23,24)20-12-6-5-9-15(20)17(22)18-11-10-16(21)19-13-14-7-3-2-4-8-14/h2-4,7-8,15H,5-6,9-13H2,1H3,(H,18,22)(H,19,21). The molecule has 2 rings (SSSR count). The van der Waals surface area contributed by atoms with Crippen molar-refractivity contribution in [3.05, 3.63) is 35.9 Å². The number of nitrogens with one attached hydrogen (secondary N) is 2.